The van der Waals surface area contributed by atoms with Crippen molar-refractivity contribution in [3.05, 3.63) is 53.9 Å². The average molecular weight is 496 g/mol. The van der Waals surface area contributed by atoms with Gasteiger partial charge in [-0.25, -0.2) is 15.0 Å². The van der Waals surface area contributed by atoms with E-state index in [1.807, 2.05) is 48.0 Å². The van der Waals surface area contributed by atoms with Gasteiger partial charge in [-0.15, -0.1) is 0 Å². The fourth-order valence-corrected chi connectivity index (χ4v) is 5.18. The van der Waals surface area contributed by atoms with Gasteiger partial charge in [0.2, 0.25) is 5.13 Å². The molecule has 5 heterocycles. The molecule has 0 bridgehead atoms. The van der Waals surface area contributed by atoms with E-state index < -0.39 is 0 Å². The van der Waals surface area contributed by atoms with Crippen molar-refractivity contribution in [2.75, 3.05) is 11.9 Å². The number of aryl methyl sites for hydroxylation is 2. The normalized spacial score (nSPS) is 13.1. The summed E-state index contributed by atoms with van der Waals surface area (Å²) < 4.78 is 6.08. The molecule has 166 valence electrons. The largest absolute Gasteiger partial charge is 0.306 e. The summed E-state index contributed by atoms with van der Waals surface area (Å²) in [6, 6.07) is 7.67. The van der Waals surface area contributed by atoms with Crippen molar-refractivity contribution in [3.8, 4) is 0 Å². The molecule has 0 spiro atoms. The van der Waals surface area contributed by atoms with Crippen molar-refractivity contribution in [3.63, 3.8) is 0 Å². The first-order valence-corrected chi connectivity index (χ1v) is 12.2. The highest BCUT2D eigenvalue weighted by Crippen LogP contribution is 2.32. The lowest BCUT2D eigenvalue weighted by Crippen LogP contribution is -2.19. The highest BCUT2D eigenvalue weighted by Gasteiger charge is 2.19. The lowest BCUT2D eigenvalue weighted by molar-refractivity contribution is 0.101. The molecule has 4 aromatic rings. The van der Waals surface area contributed by atoms with Gasteiger partial charge in [-0.05, 0) is 49.9 Å². The third-order valence-corrected chi connectivity index (χ3v) is 6.94. The van der Waals surface area contributed by atoms with E-state index in [9.17, 15) is 4.79 Å². The number of imidazole rings is 1. The number of pyridine rings is 2. The Morgan fingerprint density at radius 3 is 2.82 bits per heavy atom. The highest BCUT2D eigenvalue weighted by molar-refractivity contribution is 8.13. The minimum atomic E-state index is -0.354. The van der Waals surface area contributed by atoms with Crippen molar-refractivity contribution < 1.29 is 4.79 Å². The molecule has 0 atom stereocenters. The van der Waals surface area contributed by atoms with Crippen molar-refractivity contribution >= 4 is 63.1 Å². The molecule has 0 radical (unpaired) electrons. The Hall–Kier alpha value is -3.29. The summed E-state index contributed by atoms with van der Waals surface area (Å²) in [4.78, 5) is 32.5. The summed E-state index contributed by atoms with van der Waals surface area (Å²) in [5.41, 5.74) is 4.95. The summed E-state index contributed by atoms with van der Waals surface area (Å²) >= 11 is 3.90. The molecule has 1 aliphatic rings. The van der Waals surface area contributed by atoms with Gasteiger partial charge in [0.15, 0.2) is 5.17 Å². The van der Waals surface area contributed by atoms with Gasteiger partial charge in [-0.1, -0.05) is 11.8 Å². The first-order chi connectivity index (χ1) is 16.0. The zero-order valence-corrected chi connectivity index (χ0v) is 20.0. The maximum atomic E-state index is 13.2. The fraction of sp³-hybridized carbons (Fsp3) is 0.150. The first-order valence-electron chi connectivity index (χ1n) is 9.79. The maximum absolute atomic E-state index is 13.2. The van der Waals surface area contributed by atoms with Crippen LogP contribution >= 0.6 is 35.1 Å². The number of fused-ring (bicyclic) bond motifs is 1. The van der Waals surface area contributed by atoms with E-state index in [4.69, 9.17) is 0 Å². The Kier molecular flexibility index (Phi) is 6.07. The molecule has 10 nitrogen and oxygen atoms in total. The second-order valence-corrected chi connectivity index (χ2v) is 9.76. The van der Waals surface area contributed by atoms with Crippen LogP contribution in [0.2, 0.25) is 0 Å². The molecule has 4 aromatic heterocycles. The van der Waals surface area contributed by atoms with E-state index in [2.05, 4.69) is 40.2 Å². The highest BCUT2D eigenvalue weighted by atomic mass is 32.2. The molecule has 0 saturated carbocycles. The third kappa shape index (κ3) is 5.05. The number of aliphatic imine (C=N–C) groups is 1. The fourth-order valence-electron chi connectivity index (χ4n) is 2.98. The van der Waals surface area contributed by atoms with Gasteiger partial charge in [0.1, 0.15) is 22.2 Å². The van der Waals surface area contributed by atoms with Crippen LogP contribution in [0.1, 0.15) is 22.0 Å². The Morgan fingerprint density at radius 2 is 2.03 bits per heavy atom. The number of amidine groups is 1. The number of nitrogens with zero attached hydrogens (tertiary/aromatic N) is 7. The van der Waals surface area contributed by atoms with E-state index in [0.29, 0.717) is 38.3 Å². The van der Waals surface area contributed by atoms with Crippen molar-refractivity contribution in [1.29, 1.82) is 0 Å². The minimum absolute atomic E-state index is 0.291. The SMILES string of the molecule is Cc1cn2cc(Sc3ccc(SC4=NCC=NN4)nc3C(=O)Nc3nc(C)ns3)ccc2n1. The van der Waals surface area contributed by atoms with Gasteiger partial charge in [0.25, 0.3) is 5.91 Å². The first kappa shape index (κ1) is 21.6. The quantitative estimate of drug-likeness (QED) is 0.430. The molecule has 13 heteroatoms. The lowest BCUT2D eigenvalue weighted by Gasteiger charge is -2.12. The molecule has 5 rings (SSSR count). The van der Waals surface area contributed by atoms with E-state index in [0.717, 1.165) is 27.8 Å². The summed E-state index contributed by atoms with van der Waals surface area (Å²) in [6.07, 6.45) is 5.62. The topological polar surface area (TPSA) is 122 Å². The molecule has 0 aliphatic carbocycles. The van der Waals surface area contributed by atoms with Gasteiger partial charge in [0.05, 0.1) is 12.2 Å². The number of aromatic nitrogens is 5. The number of amides is 1. The van der Waals surface area contributed by atoms with Crippen molar-refractivity contribution in [1.82, 2.24) is 29.2 Å². The Morgan fingerprint density at radius 1 is 1.12 bits per heavy atom. The number of thioether (sulfide) groups is 1. The smallest absolute Gasteiger partial charge is 0.277 e. The number of hydrogen-bond acceptors (Lipinski definition) is 11. The van der Waals surface area contributed by atoms with Crippen LogP contribution in [0.25, 0.3) is 5.65 Å². The van der Waals surface area contributed by atoms with Crippen LogP contribution in [-0.4, -0.2) is 47.6 Å². The zero-order valence-electron chi connectivity index (χ0n) is 17.5. The standard InChI is InChI=1S/C20H17N9OS3/c1-11-9-29-10-13(3-5-15(29)23-11)31-14-4-6-16(32-19-21-7-8-22-27-19)25-17(14)18(30)26-20-24-12(2)28-33-20/h3-6,8-10H,7H2,1-2H3,(H,21,27)(H,24,26,28,30). The summed E-state index contributed by atoms with van der Waals surface area (Å²) in [7, 11) is 0. The van der Waals surface area contributed by atoms with Crippen molar-refractivity contribution in [2.24, 2.45) is 10.1 Å². The van der Waals surface area contributed by atoms with Crippen LogP contribution in [0, 0.1) is 13.8 Å². The third-order valence-electron chi connectivity index (χ3n) is 4.34. The van der Waals surface area contributed by atoms with Crippen LogP contribution < -0.4 is 10.7 Å². The van der Waals surface area contributed by atoms with Crippen LogP contribution in [0.5, 0.6) is 0 Å². The predicted octanol–water partition coefficient (Wildman–Crippen LogP) is 3.64. The monoisotopic (exact) mass is 495 g/mol. The number of anilines is 1. The number of rotatable bonds is 5. The second kappa shape index (κ2) is 9.29. The molecular weight excluding hydrogens is 478 g/mol. The second-order valence-electron chi connectivity index (χ2n) is 6.88. The van der Waals surface area contributed by atoms with Crippen molar-refractivity contribution in [2.45, 2.75) is 28.7 Å². The summed E-state index contributed by atoms with van der Waals surface area (Å²) in [5, 5.41) is 8.49. The molecule has 0 unspecified atom stereocenters. The summed E-state index contributed by atoms with van der Waals surface area (Å²) in [6.45, 7) is 4.23. The van der Waals surface area contributed by atoms with E-state index in [-0.39, 0.29) is 5.91 Å². The Labute approximate surface area is 201 Å². The van der Waals surface area contributed by atoms with Gasteiger partial charge in [-0.3, -0.25) is 20.5 Å². The number of carbonyl (C=O) groups excluding carboxylic acids is 1. The van der Waals surface area contributed by atoms with Crippen LogP contribution in [0.15, 0.2) is 61.6 Å². The van der Waals surface area contributed by atoms with E-state index in [1.165, 1.54) is 23.5 Å². The Balaban J connectivity index is 1.46. The number of carbonyl (C=O) groups is 1. The molecule has 2 N–H and O–H groups in total. The molecule has 1 aliphatic heterocycles. The van der Waals surface area contributed by atoms with Gasteiger partial charge in [-0.2, -0.15) is 9.47 Å². The zero-order chi connectivity index (χ0) is 22.8. The van der Waals surface area contributed by atoms with Crippen LogP contribution in [0.3, 0.4) is 0 Å². The van der Waals surface area contributed by atoms with E-state index >= 15 is 0 Å². The molecule has 1 amide bonds. The number of hydrazone groups is 1. The van der Waals surface area contributed by atoms with Crippen LogP contribution in [-0.2, 0) is 0 Å². The van der Waals surface area contributed by atoms with Gasteiger partial charge < -0.3 is 4.40 Å². The average Bonchev–Trinajstić information content (AvgIpc) is 3.39. The maximum Gasteiger partial charge on any atom is 0.277 e. The number of hydrogen-bond donors (Lipinski definition) is 2. The van der Waals surface area contributed by atoms with Gasteiger partial charge >= 0.3 is 0 Å². The Bertz CT molecular complexity index is 1410. The summed E-state index contributed by atoms with van der Waals surface area (Å²) in [5.74, 6) is 0.250. The molecular formula is C20H17N9OS3. The number of nitrogens with one attached hydrogen (secondary N) is 2. The molecule has 0 aromatic carbocycles. The molecule has 33 heavy (non-hydrogen) atoms. The predicted molar refractivity (Wildman–Crippen MR) is 131 cm³/mol. The van der Waals surface area contributed by atoms with Gasteiger partial charge in [0, 0.05) is 39.9 Å². The van der Waals surface area contributed by atoms with E-state index in [1.54, 1.807) is 13.1 Å². The molecule has 0 saturated heterocycles. The minimum Gasteiger partial charge on any atom is -0.306 e. The van der Waals surface area contributed by atoms with Crippen LogP contribution in [0.4, 0.5) is 5.13 Å². The lowest BCUT2D eigenvalue weighted by atomic mass is 10.3. The molecule has 0 fully saturated rings.